The van der Waals surface area contributed by atoms with Gasteiger partial charge in [0.15, 0.2) is 0 Å². The summed E-state index contributed by atoms with van der Waals surface area (Å²) in [6, 6.07) is 7.46. The summed E-state index contributed by atoms with van der Waals surface area (Å²) in [5.41, 5.74) is 0.954. The van der Waals surface area contributed by atoms with Gasteiger partial charge in [-0.1, -0.05) is 70.1 Å². The Bertz CT molecular complexity index is 857. The van der Waals surface area contributed by atoms with Crippen LogP contribution in [0.25, 0.3) is 0 Å². The largest absolute Gasteiger partial charge is 0.379 e. The van der Waals surface area contributed by atoms with Crippen LogP contribution in [-0.4, -0.2) is 48.6 Å². The topological polar surface area (TPSA) is 54.5 Å². The lowest BCUT2D eigenvalue weighted by Gasteiger charge is -2.35. The summed E-state index contributed by atoms with van der Waals surface area (Å²) >= 11 is 30.0. The molecule has 0 saturated carbocycles. The number of nitrogens with zero attached hydrogens (tertiary/aromatic N) is 2. The molecule has 1 aliphatic rings. The van der Waals surface area contributed by atoms with Crippen molar-refractivity contribution >= 4 is 63.9 Å². The molecule has 1 aromatic carbocycles. The Kier molecular flexibility index (Phi) is 7.67. The third-order valence-corrected chi connectivity index (χ3v) is 6.33. The molecular weight excluding hydrogens is 467 g/mol. The zero-order valence-corrected chi connectivity index (χ0v) is 18.3. The third-order valence-electron chi connectivity index (χ3n) is 4.40. The highest BCUT2D eigenvalue weighted by molar-refractivity contribution is 6.52. The van der Waals surface area contributed by atoms with E-state index in [4.69, 9.17) is 62.7 Å². The molecule has 0 aliphatic carbocycles. The number of benzene rings is 1. The number of rotatable bonds is 5. The van der Waals surface area contributed by atoms with Gasteiger partial charge >= 0.3 is 0 Å². The zero-order chi connectivity index (χ0) is 20.3. The minimum Gasteiger partial charge on any atom is -0.379 e. The summed E-state index contributed by atoms with van der Waals surface area (Å²) in [6.45, 7) is 3.10. The SMILES string of the molecule is O=C(NCC(c1ccc(Cl)cc1)N1CCOCC1)c1nc(Cl)c(Cl)c(Cl)c1Cl. The molecule has 1 atom stereocenters. The lowest BCUT2D eigenvalue weighted by atomic mass is 10.0. The van der Waals surface area contributed by atoms with E-state index in [0.717, 1.165) is 18.7 Å². The van der Waals surface area contributed by atoms with E-state index in [2.05, 4.69) is 15.2 Å². The smallest absolute Gasteiger partial charge is 0.271 e. The number of halogens is 5. The molecule has 2 heterocycles. The molecule has 1 amide bonds. The molecular formula is C18H16Cl5N3O2. The van der Waals surface area contributed by atoms with Gasteiger partial charge in [0.1, 0.15) is 10.8 Å². The molecule has 0 spiro atoms. The van der Waals surface area contributed by atoms with Crippen molar-refractivity contribution in [2.45, 2.75) is 6.04 Å². The minimum atomic E-state index is -0.488. The van der Waals surface area contributed by atoms with Gasteiger partial charge in [0.2, 0.25) is 0 Å². The van der Waals surface area contributed by atoms with Gasteiger partial charge in [-0.25, -0.2) is 4.98 Å². The Morgan fingerprint density at radius 2 is 1.68 bits per heavy atom. The molecule has 1 saturated heterocycles. The fourth-order valence-electron chi connectivity index (χ4n) is 2.94. The number of ether oxygens (including phenoxy) is 1. The first-order valence-electron chi connectivity index (χ1n) is 8.44. The van der Waals surface area contributed by atoms with Crippen LogP contribution in [0.3, 0.4) is 0 Å². The summed E-state index contributed by atoms with van der Waals surface area (Å²) < 4.78 is 5.43. The summed E-state index contributed by atoms with van der Waals surface area (Å²) in [5, 5.41) is 3.40. The second-order valence-corrected chi connectivity index (χ2v) is 8.05. The van der Waals surface area contributed by atoms with Crippen LogP contribution < -0.4 is 5.32 Å². The summed E-state index contributed by atoms with van der Waals surface area (Å²) in [5.74, 6) is -0.488. The first kappa shape index (κ1) is 21.9. The Morgan fingerprint density at radius 1 is 1.04 bits per heavy atom. The van der Waals surface area contributed by atoms with Crippen LogP contribution in [0, 0.1) is 0 Å². The second kappa shape index (κ2) is 9.81. The maximum atomic E-state index is 12.7. The van der Waals surface area contributed by atoms with Gasteiger partial charge in [0.25, 0.3) is 5.91 Å². The number of pyridine rings is 1. The Balaban J connectivity index is 1.80. The first-order chi connectivity index (χ1) is 13.4. The predicted molar refractivity (Wildman–Crippen MR) is 113 cm³/mol. The molecule has 1 aliphatic heterocycles. The summed E-state index contributed by atoms with van der Waals surface area (Å²) in [6.07, 6.45) is 0. The molecule has 28 heavy (non-hydrogen) atoms. The van der Waals surface area contributed by atoms with Crippen molar-refractivity contribution in [1.82, 2.24) is 15.2 Å². The van der Waals surface area contributed by atoms with Crippen molar-refractivity contribution in [3.63, 3.8) is 0 Å². The molecule has 2 aromatic rings. The second-order valence-electron chi connectivity index (χ2n) is 6.12. The van der Waals surface area contributed by atoms with Crippen molar-refractivity contribution in [3.05, 3.63) is 60.8 Å². The molecule has 0 radical (unpaired) electrons. The number of carbonyl (C=O) groups is 1. The van der Waals surface area contributed by atoms with Crippen molar-refractivity contribution in [3.8, 4) is 0 Å². The molecule has 5 nitrogen and oxygen atoms in total. The zero-order valence-electron chi connectivity index (χ0n) is 14.5. The van der Waals surface area contributed by atoms with E-state index in [1.165, 1.54) is 0 Å². The monoisotopic (exact) mass is 481 g/mol. The van der Waals surface area contributed by atoms with Crippen LogP contribution in [0.4, 0.5) is 0 Å². The molecule has 10 heteroatoms. The van der Waals surface area contributed by atoms with Crippen molar-refractivity contribution < 1.29 is 9.53 Å². The van der Waals surface area contributed by atoms with Crippen LogP contribution in [0.2, 0.25) is 25.2 Å². The standard InChI is InChI=1S/C18H16Cl5N3O2/c19-11-3-1-10(2-4-11)12(26-5-7-28-8-6-26)9-24-18(27)16-14(21)13(20)15(22)17(23)25-16/h1-4,12H,5-9H2,(H,24,27). The number of nitrogens with one attached hydrogen (secondary N) is 1. The number of hydrogen-bond donors (Lipinski definition) is 1. The Hall–Kier alpha value is -0.790. The van der Waals surface area contributed by atoms with Gasteiger partial charge in [-0.15, -0.1) is 0 Å². The maximum absolute atomic E-state index is 12.7. The maximum Gasteiger partial charge on any atom is 0.271 e. The van der Waals surface area contributed by atoms with Crippen LogP contribution in [0.15, 0.2) is 24.3 Å². The van der Waals surface area contributed by atoms with Gasteiger partial charge < -0.3 is 10.1 Å². The Labute approximate surface area is 187 Å². The van der Waals surface area contributed by atoms with Crippen molar-refractivity contribution in [2.24, 2.45) is 0 Å². The molecule has 1 fully saturated rings. The van der Waals surface area contributed by atoms with E-state index < -0.39 is 5.91 Å². The van der Waals surface area contributed by atoms with E-state index in [-0.39, 0.29) is 32.0 Å². The lowest BCUT2D eigenvalue weighted by molar-refractivity contribution is 0.0162. The molecule has 150 valence electrons. The molecule has 3 rings (SSSR count). The minimum absolute atomic E-state index is 0.00378. The van der Waals surface area contributed by atoms with Gasteiger partial charge in [0.05, 0.1) is 34.3 Å². The highest BCUT2D eigenvalue weighted by Crippen LogP contribution is 2.36. The molecule has 0 bridgehead atoms. The van der Waals surface area contributed by atoms with Crippen LogP contribution in [0.1, 0.15) is 22.1 Å². The average molecular weight is 484 g/mol. The third kappa shape index (κ3) is 5.03. The van der Waals surface area contributed by atoms with Gasteiger partial charge in [-0.2, -0.15) is 0 Å². The summed E-state index contributed by atoms with van der Waals surface area (Å²) in [4.78, 5) is 18.9. The van der Waals surface area contributed by atoms with E-state index in [1.807, 2.05) is 24.3 Å². The van der Waals surface area contributed by atoms with Gasteiger partial charge in [-0.3, -0.25) is 9.69 Å². The number of morpholine rings is 1. The van der Waals surface area contributed by atoms with E-state index in [0.29, 0.717) is 24.8 Å². The van der Waals surface area contributed by atoms with Crippen LogP contribution in [-0.2, 0) is 4.74 Å². The Morgan fingerprint density at radius 3 is 2.32 bits per heavy atom. The normalized spacial score (nSPS) is 16.0. The molecule has 1 aromatic heterocycles. The van der Waals surface area contributed by atoms with Crippen LogP contribution >= 0.6 is 58.0 Å². The molecule has 1 unspecified atom stereocenters. The van der Waals surface area contributed by atoms with Gasteiger partial charge in [-0.05, 0) is 17.7 Å². The fourth-order valence-corrected chi connectivity index (χ4v) is 3.88. The number of aromatic nitrogens is 1. The summed E-state index contributed by atoms with van der Waals surface area (Å²) in [7, 11) is 0. The van der Waals surface area contributed by atoms with Crippen molar-refractivity contribution in [1.29, 1.82) is 0 Å². The predicted octanol–water partition coefficient (Wildman–Crippen LogP) is 5.15. The number of carbonyl (C=O) groups excluding carboxylic acids is 1. The number of amides is 1. The lowest BCUT2D eigenvalue weighted by Crippen LogP contribution is -2.44. The first-order valence-corrected chi connectivity index (χ1v) is 10.3. The fraction of sp³-hybridized carbons (Fsp3) is 0.333. The highest BCUT2D eigenvalue weighted by atomic mass is 35.5. The average Bonchev–Trinajstić information content (AvgIpc) is 2.71. The van der Waals surface area contributed by atoms with E-state index in [9.17, 15) is 4.79 Å². The van der Waals surface area contributed by atoms with Gasteiger partial charge in [0, 0.05) is 24.7 Å². The van der Waals surface area contributed by atoms with Crippen molar-refractivity contribution in [2.75, 3.05) is 32.8 Å². The van der Waals surface area contributed by atoms with Crippen LogP contribution in [0.5, 0.6) is 0 Å². The van der Waals surface area contributed by atoms with E-state index in [1.54, 1.807) is 0 Å². The van der Waals surface area contributed by atoms with E-state index >= 15 is 0 Å². The highest BCUT2D eigenvalue weighted by Gasteiger charge is 2.25. The number of hydrogen-bond acceptors (Lipinski definition) is 4. The quantitative estimate of drug-likeness (QED) is 0.598. The molecule has 1 N–H and O–H groups in total.